The molecule has 1 atom stereocenters. The Hall–Kier alpha value is -2.08. The number of aryl methyl sites for hydroxylation is 1. The van der Waals surface area contributed by atoms with Crippen molar-refractivity contribution in [2.45, 2.75) is 31.8 Å². The number of nitrogens with one attached hydrogen (secondary N) is 2. The van der Waals surface area contributed by atoms with E-state index in [1.807, 2.05) is 30.3 Å². The predicted octanol–water partition coefficient (Wildman–Crippen LogP) is 3.51. The zero-order chi connectivity index (χ0) is 18.1. The lowest BCUT2D eigenvalue weighted by Gasteiger charge is -2.22. The molecule has 0 radical (unpaired) electrons. The number of benzene rings is 1. The van der Waals surface area contributed by atoms with Crippen LogP contribution in [0.15, 0.2) is 47.4 Å². The molecule has 1 unspecified atom stereocenters. The van der Waals surface area contributed by atoms with Crippen LogP contribution in [-0.4, -0.2) is 20.8 Å². The lowest BCUT2D eigenvalue weighted by Crippen LogP contribution is -2.35. The van der Waals surface area contributed by atoms with Crippen LogP contribution in [0.1, 0.15) is 23.2 Å². The van der Waals surface area contributed by atoms with Gasteiger partial charge in [-0.05, 0) is 49.1 Å². The number of nitrogens with zero attached hydrogens (tertiary/aromatic N) is 2. The number of halogens is 2. The van der Waals surface area contributed by atoms with Gasteiger partial charge < -0.3 is 5.32 Å². The van der Waals surface area contributed by atoms with E-state index in [0.717, 1.165) is 29.7 Å². The third-order valence-corrected chi connectivity index (χ3v) is 5.46. The number of aromatic amines is 1. The highest BCUT2D eigenvalue weighted by Gasteiger charge is 2.24. The average Bonchev–Trinajstić information content (AvgIpc) is 3.00. The molecule has 0 fully saturated rings. The van der Waals surface area contributed by atoms with Gasteiger partial charge in [0.25, 0.3) is 5.56 Å². The Morgan fingerprint density at radius 2 is 2.12 bits per heavy atom. The molecule has 0 bridgehead atoms. The molecule has 1 aromatic carbocycles. The Kier molecular flexibility index (Phi) is 4.85. The smallest absolute Gasteiger partial charge is 0.276 e. The van der Waals surface area contributed by atoms with Crippen molar-refractivity contribution >= 4 is 23.2 Å². The first kappa shape index (κ1) is 17.3. The van der Waals surface area contributed by atoms with E-state index in [4.69, 9.17) is 23.2 Å². The van der Waals surface area contributed by atoms with Gasteiger partial charge >= 0.3 is 0 Å². The van der Waals surface area contributed by atoms with Crippen LogP contribution in [-0.2, 0) is 19.4 Å². The van der Waals surface area contributed by atoms with Crippen molar-refractivity contribution in [1.29, 1.82) is 0 Å². The van der Waals surface area contributed by atoms with Crippen molar-refractivity contribution in [2.24, 2.45) is 0 Å². The minimum absolute atomic E-state index is 0.0141. The standard InChI is InChI=1S/C19H18Cl2N4O/c20-15-6-4-12(9-16(15)21)11-23-13-5-7-17-14(10-13)19(26)25(24-17)18-3-1-2-8-22-18/h1-4,6,8-9,13,23-24H,5,7,10-11H2. The first-order valence-electron chi connectivity index (χ1n) is 8.53. The molecular formula is C19H18Cl2N4O. The van der Waals surface area contributed by atoms with Crippen LogP contribution in [0.3, 0.4) is 0 Å². The molecule has 2 heterocycles. The normalized spacial score (nSPS) is 16.5. The highest BCUT2D eigenvalue weighted by atomic mass is 35.5. The largest absolute Gasteiger partial charge is 0.310 e. The summed E-state index contributed by atoms with van der Waals surface area (Å²) < 4.78 is 1.53. The molecule has 0 aliphatic heterocycles. The van der Waals surface area contributed by atoms with Gasteiger partial charge in [-0.15, -0.1) is 0 Å². The van der Waals surface area contributed by atoms with Crippen LogP contribution in [0, 0.1) is 0 Å². The summed E-state index contributed by atoms with van der Waals surface area (Å²) in [7, 11) is 0. The van der Waals surface area contributed by atoms with Crippen molar-refractivity contribution in [3.63, 3.8) is 0 Å². The molecule has 3 aromatic rings. The fourth-order valence-corrected chi connectivity index (χ4v) is 3.66. The summed E-state index contributed by atoms with van der Waals surface area (Å²) in [5.74, 6) is 0.618. The van der Waals surface area contributed by atoms with Gasteiger partial charge in [0.2, 0.25) is 0 Å². The third-order valence-electron chi connectivity index (χ3n) is 4.72. The number of hydrogen-bond acceptors (Lipinski definition) is 3. The van der Waals surface area contributed by atoms with Crippen molar-refractivity contribution in [3.05, 3.63) is 79.8 Å². The van der Waals surface area contributed by atoms with Crippen LogP contribution in [0.4, 0.5) is 0 Å². The molecule has 0 spiro atoms. The zero-order valence-electron chi connectivity index (χ0n) is 14.0. The van der Waals surface area contributed by atoms with Gasteiger partial charge in [0, 0.05) is 30.0 Å². The summed E-state index contributed by atoms with van der Waals surface area (Å²) in [6.45, 7) is 0.690. The zero-order valence-corrected chi connectivity index (χ0v) is 15.5. The minimum Gasteiger partial charge on any atom is -0.310 e. The average molecular weight is 389 g/mol. The molecule has 1 aliphatic rings. The van der Waals surface area contributed by atoms with Crippen molar-refractivity contribution < 1.29 is 0 Å². The Balaban J connectivity index is 1.48. The maximum Gasteiger partial charge on any atom is 0.276 e. The summed E-state index contributed by atoms with van der Waals surface area (Å²) in [4.78, 5) is 17.0. The molecule has 2 N–H and O–H groups in total. The highest BCUT2D eigenvalue weighted by molar-refractivity contribution is 6.42. The summed E-state index contributed by atoms with van der Waals surface area (Å²) in [6, 6.07) is 11.4. The van der Waals surface area contributed by atoms with Crippen LogP contribution in [0.25, 0.3) is 5.82 Å². The molecule has 7 heteroatoms. The molecule has 134 valence electrons. The first-order valence-corrected chi connectivity index (χ1v) is 9.29. The molecule has 26 heavy (non-hydrogen) atoms. The highest BCUT2D eigenvalue weighted by Crippen LogP contribution is 2.23. The van der Waals surface area contributed by atoms with Gasteiger partial charge in [-0.3, -0.25) is 9.89 Å². The van der Waals surface area contributed by atoms with E-state index < -0.39 is 0 Å². The molecule has 0 saturated heterocycles. The molecule has 0 amide bonds. The van der Waals surface area contributed by atoms with Crippen molar-refractivity contribution in [3.8, 4) is 5.82 Å². The molecule has 0 saturated carbocycles. The lowest BCUT2D eigenvalue weighted by molar-refractivity contribution is 0.454. The number of pyridine rings is 1. The van der Waals surface area contributed by atoms with Crippen LogP contribution < -0.4 is 10.9 Å². The van der Waals surface area contributed by atoms with Crippen LogP contribution >= 0.6 is 23.2 Å². The summed E-state index contributed by atoms with van der Waals surface area (Å²) in [5, 5.41) is 7.84. The van der Waals surface area contributed by atoms with Crippen molar-refractivity contribution in [2.75, 3.05) is 0 Å². The fourth-order valence-electron chi connectivity index (χ4n) is 3.33. The van der Waals surface area contributed by atoms with Gasteiger partial charge in [0.1, 0.15) is 0 Å². The molecule has 2 aromatic heterocycles. The Bertz CT molecular complexity index is 981. The SMILES string of the molecule is O=c1c2c([nH]n1-c1ccccn1)CCC(NCc1ccc(Cl)c(Cl)c1)C2. The van der Waals surface area contributed by atoms with E-state index in [2.05, 4.69) is 15.4 Å². The first-order chi connectivity index (χ1) is 12.6. The topological polar surface area (TPSA) is 62.7 Å². The van der Waals surface area contributed by atoms with Crippen molar-refractivity contribution in [1.82, 2.24) is 20.1 Å². The summed E-state index contributed by atoms with van der Waals surface area (Å²) in [6.07, 6.45) is 4.19. The second-order valence-electron chi connectivity index (χ2n) is 6.47. The van der Waals surface area contributed by atoms with E-state index in [0.29, 0.717) is 28.8 Å². The number of fused-ring (bicyclic) bond motifs is 1. The maximum absolute atomic E-state index is 12.7. The molecule has 1 aliphatic carbocycles. The van der Waals surface area contributed by atoms with E-state index in [1.165, 1.54) is 4.68 Å². The quantitative estimate of drug-likeness (QED) is 0.718. The second-order valence-corrected chi connectivity index (χ2v) is 7.28. The molecular weight excluding hydrogens is 371 g/mol. The third kappa shape index (κ3) is 3.43. The van der Waals surface area contributed by atoms with E-state index in [1.54, 1.807) is 12.3 Å². The second kappa shape index (κ2) is 7.27. The number of aromatic nitrogens is 3. The lowest BCUT2D eigenvalue weighted by atomic mass is 9.93. The van der Waals surface area contributed by atoms with E-state index in [9.17, 15) is 4.79 Å². The number of rotatable bonds is 4. The Morgan fingerprint density at radius 1 is 1.23 bits per heavy atom. The predicted molar refractivity (Wildman–Crippen MR) is 103 cm³/mol. The molecule has 5 nitrogen and oxygen atoms in total. The fraction of sp³-hybridized carbons (Fsp3) is 0.263. The van der Waals surface area contributed by atoms with Gasteiger partial charge in [0.15, 0.2) is 5.82 Å². The van der Waals surface area contributed by atoms with E-state index >= 15 is 0 Å². The number of H-pyrrole nitrogens is 1. The monoisotopic (exact) mass is 388 g/mol. The van der Waals surface area contributed by atoms with E-state index in [-0.39, 0.29) is 11.6 Å². The van der Waals surface area contributed by atoms with Gasteiger partial charge in [0.05, 0.1) is 10.0 Å². The Morgan fingerprint density at radius 3 is 2.88 bits per heavy atom. The minimum atomic E-state index is -0.0141. The van der Waals surface area contributed by atoms with Gasteiger partial charge in [-0.1, -0.05) is 35.3 Å². The Labute approximate surface area is 161 Å². The van der Waals surface area contributed by atoms with Crippen LogP contribution in [0.5, 0.6) is 0 Å². The van der Waals surface area contributed by atoms with Gasteiger partial charge in [-0.2, -0.15) is 0 Å². The maximum atomic E-state index is 12.7. The van der Waals surface area contributed by atoms with Crippen LogP contribution in [0.2, 0.25) is 10.0 Å². The summed E-state index contributed by atoms with van der Waals surface area (Å²) >= 11 is 12.0. The summed E-state index contributed by atoms with van der Waals surface area (Å²) in [5.41, 5.74) is 2.91. The number of hydrogen-bond donors (Lipinski definition) is 2. The van der Waals surface area contributed by atoms with Gasteiger partial charge in [-0.25, -0.2) is 9.67 Å². The molecule has 4 rings (SSSR count).